The number of pyridine rings is 9. The van der Waals surface area contributed by atoms with E-state index in [1.54, 1.807) is 0 Å². The van der Waals surface area contributed by atoms with Crippen LogP contribution in [0.2, 0.25) is 0 Å². The van der Waals surface area contributed by atoms with Crippen LogP contribution in [0.5, 0.6) is 0 Å². The second-order valence-corrected chi connectivity index (χ2v) is 36.7. The van der Waals surface area contributed by atoms with E-state index in [0.29, 0.717) is 0 Å². The van der Waals surface area contributed by atoms with Gasteiger partial charge in [0, 0.05) is 157 Å². The highest BCUT2D eigenvalue weighted by Crippen LogP contribution is 2.48. The van der Waals surface area contributed by atoms with Crippen LogP contribution in [0.4, 0.5) is 0 Å². The summed E-state index contributed by atoms with van der Waals surface area (Å²) in [5.74, 6) is 0. The van der Waals surface area contributed by atoms with Crippen molar-refractivity contribution in [2.24, 2.45) is 0 Å². The summed E-state index contributed by atoms with van der Waals surface area (Å²) in [4.78, 5) is 42.3. The van der Waals surface area contributed by atoms with Crippen LogP contribution < -0.4 is 0 Å². The minimum absolute atomic E-state index is 0.960. The van der Waals surface area contributed by atoms with E-state index in [1.165, 1.54) is 82.2 Å². The fourth-order valence-electron chi connectivity index (χ4n) is 20.7. The maximum absolute atomic E-state index is 5.29. The third-order valence-electron chi connectivity index (χ3n) is 27.9. The van der Waals surface area contributed by atoms with Crippen LogP contribution in [0.1, 0.15) is 0 Å². The van der Waals surface area contributed by atoms with Crippen molar-refractivity contribution in [1.82, 2.24) is 44.9 Å². The molecule has 0 aliphatic heterocycles. The summed E-state index contributed by atoms with van der Waals surface area (Å²) >= 11 is 0. The Bertz CT molecular complexity index is 9010. The number of hydrogen-bond acceptors (Lipinski definition) is 9. The zero-order chi connectivity index (χ0) is 97.0. The van der Waals surface area contributed by atoms with Gasteiger partial charge in [-0.15, -0.1) is 0 Å². The molecule has 0 bridgehead atoms. The van der Waals surface area contributed by atoms with Gasteiger partial charge >= 0.3 is 0 Å². The molecule has 0 atom stereocenters. The zero-order valence-corrected chi connectivity index (χ0v) is 79.4. The lowest BCUT2D eigenvalue weighted by atomic mass is 9.88. The highest BCUT2D eigenvalue weighted by molar-refractivity contribution is 6.18. The number of rotatable bonds is 16. The molecule has 27 rings (SSSR count). The monoisotopic (exact) mass is 1860 g/mol. The average Bonchev–Trinajstić information content (AvgIpc) is 0.738. The summed E-state index contributed by atoms with van der Waals surface area (Å²) in [6.07, 6.45) is 22.4. The highest BCUT2D eigenvalue weighted by atomic mass is 14.7. The largest absolute Gasteiger partial charge is 0.264 e. The standard InChI is InChI=1S/C47H31N3.2C45H29N3/c1-3-9-32(10-4-1)36-19-21-43-37(25-36)20-22-44-45(29-46(50-47(43)44)35-11-5-2-6-12-35)34-17-15-33(16-18-34)40-26-41(38-13-7-23-48-30-38)28-42(27-40)39-14-8-24-49-31-39;2*1-2-11-31(12-3-1)44-27-43(42-19-18-30-10-4-5-15-38(30)45(42)48-44)41-21-20-37(39-16-6-7-17-40(39)41)36-25-34(32-13-8-22-46-28-32)24-35(26-36)33-14-9-23-47-29-33/h1-31H;2*1-29H. The van der Waals surface area contributed by atoms with E-state index in [2.05, 4.69) is 455 Å². The molecule has 682 valence electrons. The maximum Gasteiger partial charge on any atom is 0.0794 e. The predicted octanol–water partition coefficient (Wildman–Crippen LogP) is 35.5. The summed E-state index contributed by atoms with van der Waals surface area (Å²) in [7, 11) is 0. The number of nitrogens with zero attached hydrogens (tertiary/aromatic N) is 9. The molecule has 9 heteroatoms. The third kappa shape index (κ3) is 17.6. The molecule has 0 radical (unpaired) electrons. The van der Waals surface area contributed by atoms with Crippen molar-refractivity contribution in [3.05, 3.63) is 541 Å². The van der Waals surface area contributed by atoms with E-state index in [1.807, 2.05) is 117 Å². The van der Waals surface area contributed by atoms with Crippen LogP contribution >= 0.6 is 0 Å². The number of benzene rings is 18. The molecule has 0 fully saturated rings. The Balaban J connectivity index is 0.000000114. The van der Waals surface area contributed by atoms with Crippen LogP contribution in [0, 0.1) is 0 Å². The Hall–Kier alpha value is -19.6. The topological polar surface area (TPSA) is 116 Å². The van der Waals surface area contributed by atoms with E-state index < -0.39 is 0 Å². The van der Waals surface area contributed by atoms with Crippen LogP contribution in [-0.4, -0.2) is 44.9 Å². The molecule has 0 aliphatic rings. The molecule has 9 aromatic heterocycles. The summed E-state index contributed by atoms with van der Waals surface area (Å²) < 4.78 is 0. The van der Waals surface area contributed by atoms with Crippen molar-refractivity contribution in [3.63, 3.8) is 0 Å². The smallest absolute Gasteiger partial charge is 0.0794 e. The lowest BCUT2D eigenvalue weighted by Crippen LogP contribution is -1.93. The molecule has 0 spiro atoms. The second-order valence-electron chi connectivity index (χ2n) is 36.7. The van der Waals surface area contributed by atoms with Gasteiger partial charge in [0.05, 0.1) is 33.6 Å². The van der Waals surface area contributed by atoms with Crippen molar-refractivity contribution < 1.29 is 0 Å². The summed E-state index contributed by atoms with van der Waals surface area (Å²) in [5, 5.41) is 15.2. The highest BCUT2D eigenvalue weighted by Gasteiger charge is 2.23. The molecule has 0 unspecified atom stereocenters. The number of aromatic nitrogens is 9. The summed E-state index contributed by atoms with van der Waals surface area (Å²) in [5.41, 5.74) is 38.8. The number of hydrogen-bond donors (Lipinski definition) is 0. The second kappa shape index (κ2) is 39.2. The van der Waals surface area contributed by atoms with Gasteiger partial charge in [0.25, 0.3) is 0 Å². The molecule has 0 saturated heterocycles. The van der Waals surface area contributed by atoms with Gasteiger partial charge in [-0.2, -0.15) is 0 Å². The van der Waals surface area contributed by atoms with E-state index in [0.717, 1.165) is 183 Å². The van der Waals surface area contributed by atoms with Gasteiger partial charge in [-0.3, -0.25) is 29.9 Å². The minimum Gasteiger partial charge on any atom is -0.264 e. The van der Waals surface area contributed by atoms with Crippen LogP contribution in [-0.2, 0) is 0 Å². The normalized spacial score (nSPS) is 11.3. The predicted molar refractivity (Wildman–Crippen MR) is 607 cm³/mol. The first-order valence-corrected chi connectivity index (χ1v) is 49.1. The Labute approximate surface area is 845 Å². The maximum atomic E-state index is 5.29. The van der Waals surface area contributed by atoms with Crippen molar-refractivity contribution in [3.8, 4) is 178 Å². The fourth-order valence-corrected chi connectivity index (χ4v) is 20.7. The van der Waals surface area contributed by atoms with Crippen molar-refractivity contribution in [2.75, 3.05) is 0 Å². The molecule has 0 amide bonds. The van der Waals surface area contributed by atoms with E-state index in [4.69, 9.17) is 15.0 Å². The quantitative estimate of drug-likeness (QED) is 0.0872. The molecule has 9 nitrogen and oxygen atoms in total. The summed E-state index contributed by atoms with van der Waals surface area (Å²) in [6.45, 7) is 0. The Morgan fingerprint density at radius 3 is 0.692 bits per heavy atom. The van der Waals surface area contributed by atoms with Gasteiger partial charge in [0.1, 0.15) is 0 Å². The number of fused-ring (bicyclic) bond motifs is 11. The SMILES string of the molecule is c1ccc(-c2cc(-c3ccc(-c4cc(-c5cccnc5)cc(-c5cccnc5)c4)c4ccccc34)c3ccc4ccccc4c3n2)cc1.c1ccc(-c2cc(-c3ccc(-c4cc(-c5cccnc5)cc(-c5cccnc5)c4)c4ccccc34)c3ccc4ccccc4c3n2)cc1.c1ccc(-c2ccc3c(ccc4c(-c5ccc(-c6cc(-c7cccnc7)cc(-c7cccnc7)c6)cc5)cc(-c5ccccc5)nc43)c2)cc1. The van der Waals surface area contributed by atoms with Gasteiger partial charge in [0.2, 0.25) is 0 Å². The Morgan fingerprint density at radius 2 is 0.349 bits per heavy atom. The first-order valence-electron chi connectivity index (χ1n) is 49.1. The zero-order valence-electron chi connectivity index (χ0n) is 79.4. The van der Waals surface area contributed by atoms with Gasteiger partial charge in [-0.05, 0) is 264 Å². The van der Waals surface area contributed by atoms with Gasteiger partial charge < -0.3 is 0 Å². The van der Waals surface area contributed by atoms with E-state index in [9.17, 15) is 0 Å². The first-order chi connectivity index (χ1) is 72.4. The van der Waals surface area contributed by atoms with Crippen LogP contribution in [0.15, 0.2) is 541 Å². The minimum atomic E-state index is 0.960. The molecule has 0 aliphatic carbocycles. The third-order valence-corrected chi connectivity index (χ3v) is 27.9. The molecular formula is C137H89N9. The van der Waals surface area contributed by atoms with Gasteiger partial charge in [0.15, 0.2) is 0 Å². The van der Waals surface area contributed by atoms with Gasteiger partial charge in [-0.25, -0.2) is 15.0 Å². The molecule has 0 N–H and O–H groups in total. The first kappa shape index (κ1) is 87.9. The van der Waals surface area contributed by atoms with Crippen molar-refractivity contribution in [1.29, 1.82) is 0 Å². The molecule has 27 aromatic rings. The average molecular weight is 1860 g/mol. The van der Waals surface area contributed by atoms with Crippen molar-refractivity contribution in [2.45, 2.75) is 0 Å². The molecule has 18 aromatic carbocycles. The van der Waals surface area contributed by atoms with Gasteiger partial charge in [-0.1, -0.05) is 352 Å². The molecular weight excluding hydrogens is 1770 g/mol. The Kier molecular flexibility index (Phi) is 23.6. The van der Waals surface area contributed by atoms with Crippen LogP contribution in [0.25, 0.3) is 265 Å². The molecule has 146 heavy (non-hydrogen) atoms. The van der Waals surface area contributed by atoms with Crippen LogP contribution in [0.3, 0.4) is 0 Å². The Morgan fingerprint density at radius 1 is 0.110 bits per heavy atom. The molecule has 0 saturated carbocycles. The lowest BCUT2D eigenvalue weighted by molar-refractivity contribution is 1.32. The lowest BCUT2D eigenvalue weighted by Gasteiger charge is -2.17. The fraction of sp³-hybridized carbons (Fsp3) is 0. The van der Waals surface area contributed by atoms with Crippen molar-refractivity contribution >= 4 is 86.6 Å². The summed E-state index contributed by atoms with van der Waals surface area (Å²) in [6, 6.07) is 166. The van der Waals surface area contributed by atoms with E-state index >= 15 is 0 Å². The van der Waals surface area contributed by atoms with E-state index in [-0.39, 0.29) is 0 Å². The molecule has 9 heterocycles.